The number of hydrogen-bond acceptors (Lipinski definition) is 6. The Bertz CT molecular complexity index is 1240. The lowest BCUT2D eigenvalue weighted by molar-refractivity contribution is 0.102. The van der Waals surface area contributed by atoms with Gasteiger partial charge in [0.25, 0.3) is 5.91 Å². The average Bonchev–Trinajstić information content (AvgIpc) is 3.25. The molecule has 0 saturated heterocycles. The highest BCUT2D eigenvalue weighted by molar-refractivity contribution is 6.05. The summed E-state index contributed by atoms with van der Waals surface area (Å²) in [5, 5.41) is 14.3. The number of nitrogens with zero attached hydrogens (tertiary/aromatic N) is 6. The van der Waals surface area contributed by atoms with E-state index < -0.39 is 11.7 Å². The molecule has 1 N–H and O–H groups in total. The Morgan fingerprint density at radius 1 is 1.13 bits per heavy atom. The number of amides is 1. The third-order valence-electron chi connectivity index (χ3n) is 4.75. The number of hydrogen-bond donors (Lipinski definition) is 1. The zero-order chi connectivity index (χ0) is 22.0. The quantitative estimate of drug-likeness (QED) is 0.525. The third kappa shape index (κ3) is 4.16. The van der Waals surface area contributed by atoms with Gasteiger partial charge in [0.2, 0.25) is 5.82 Å². The van der Waals surface area contributed by atoms with Gasteiger partial charge in [-0.1, -0.05) is 6.07 Å². The second kappa shape index (κ2) is 8.39. The number of anilines is 1. The molecule has 4 rings (SSSR count). The molecule has 4 aromatic rings. The number of carbonyl (C=O) groups is 1. The molecule has 3 aromatic heterocycles. The molecule has 0 fully saturated rings. The minimum atomic E-state index is -0.604. The van der Waals surface area contributed by atoms with E-state index in [0.717, 1.165) is 16.7 Å². The van der Waals surface area contributed by atoms with Crippen LogP contribution in [-0.4, -0.2) is 36.1 Å². The summed E-state index contributed by atoms with van der Waals surface area (Å²) in [6.45, 7) is 5.70. The molecule has 0 saturated carbocycles. The summed E-state index contributed by atoms with van der Waals surface area (Å²) in [5.74, 6) is -0.451. The van der Waals surface area contributed by atoms with Gasteiger partial charge >= 0.3 is 0 Å². The van der Waals surface area contributed by atoms with Crippen molar-refractivity contribution in [1.82, 2.24) is 30.2 Å². The van der Waals surface area contributed by atoms with Crippen LogP contribution in [0.3, 0.4) is 0 Å². The van der Waals surface area contributed by atoms with Crippen molar-refractivity contribution in [3.63, 3.8) is 0 Å². The van der Waals surface area contributed by atoms with Crippen molar-refractivity contribution >= 4 is 11.7 Å². The Morgan fingerprint density at radius 3 is 2.65 bits per heavy atom. The van der Waals surface area contributed by atoms with Gasteiger partial charge in [-0.05, 0) is 84.3 Å². The Labute approximate surface area is 178 Å². The predicted octanol–water partition coefficient (Wildman–Crippen LogP) is 4.08. The highest BCUT2D eigenvalue weighted by atomic mass is 19.1. The second-order valence-corrected chi connectivity index (χ2v) is 7.29. The highest BCUT2D eigenvalue weighted by Crippen LogP contribution is 2.26. The number of aryl methyl sites for hydroxylation is 1. The van der Waals surface area contributed by atoms with Crippen LogP contribution >= 0.6 is 0 Å². The molecule has 156 valence electrons. The summed E-state index contributed by atoms with van der Waals surface area (Å²) in [6.07, 6.45) is 3.30. The van der Waals surface area contributed by atoms with E-state index in [1.165, 1.54) is 6.07 Å². The standard InChI is InChI=1S/C22H20FN7O/c1-13(2)30-21(27-28-29-30)19-5-4-6-20(25-19)26-22(31)17-12-16(14(3)11-18(17)23)15-7-9-24-10-8-15/h4-13H,1-3H3,(H,25,26,31). The molecule has 0 bridgehead atoms. The molecular weight excluding hydrogens is 397 g/mol. The van der Waals surface area contributed by atoms with Crippen LogP contribution in [-0.2, 0) is 0 Å². The van der Waals surface area contributed by atoms with Crippen molar-refractivity contribution in [2.24, 2.45) is 0 Å². The van der Waals surface area contributed by atoms with E-state index in [0.29, 0.717) is 11.5 Å². The van der Waals surface area contributed by atoms with Crippen molar-refractivity contribution in [1.29, 1.82) is 0 Å². The number of pyridine rings is 2. The van der Waals surface area contributed by atoms with Crippen LogP contribution < -0.4 is 5.32 Å². The summed E-state index contributed by atoms with van der Waals surface area (Å²) >= 11 is 0. The normalized spacial score (nSPS) is 11.0. The lowest BCUT2D eigenvalue weighted by Gasteiger charge is -2.12. The SMILES string of the molecule is Cc1cc(F)c(C(=O)Nc2cccc(-c3nnnn3C(C)C)n2)cc1-c1ccncc1. The summed E-state index contributed by atoms with van der Waals surface area (Å²) in [4.78, 5) is 21.3. The van der Waals surface area contributed by atoms with Gasteiger partial charge in [0.1, 0.15) is 17.3 Å². The molecule has 0 unspecified atom stereocenters. The molecule has 0 radical (unpaired) electrons. The average molecular weight is 417 g/mol. The van der Waals surface area contributed by atoms with Crippen LogP contribution in [0.4, 0.5) is 10.2 Å². The predicted molar refractivity (Wildman–Crippen MR) is 114 cm³/mol. The van der Waals surface area contributed by atoms with Gasteiger partial charge in [-0.3, -0.25) is 9.78 Å². The Morgan fingerprint density at radius 2 is 1.90 bits per heavy atom. The fourth-order valence-corrected chi connectivity index (χ4v) is 3.21. The maximum absolute atomic E-state index is 14.6. The fraction of sp³-hybridized carbons (Fsp3) is 0.182. The van der Waals surface area contributed by atoms with E-state index in [4.69, 9.17) is 0 Å². The first-order valence-electron chi connectivity index (χ1n) is 9.71. The van der Waals surface area contributed by atoms with E-state index in [9.17, 15) is 9.18 Å². The molecular formula is C22H20FN7O. The van der Waals surface area contributed by atoms with E-state index in [2.05, 4.69) is 30.8 Å². The molecule has 0 aliphatic rings. The number of halogens is 1. The Hall–Kier alpha value is -4.01. The first-order chi connectivity index (χ1) is 14.9. The molecule has 31 heavy (non-hydrogen) atoms. The maximum atomic E-state index is 14.6. The molecule has 0 atom stereocenters. The van der Waals surface area contributed by atoms with Gasteiger partial charge in [-0.15, -0.1) is 5.10 Å². The summed E-state index contributed by atoms with van der Waals surface area (Å²) < 4.78 is 16.3. The fourth-order valence-electron chi connectivity index (χ4n) is 3.21. The lowest BCUT2D eigenvalue weighted by atomic mass is 9.98. The molecule has 3 heterocycles. The van der Waals surface area contributed by atoms with Gasteiger partial charge in [0, 0.05) is 12.4 Å². The molecule has 0 aliphatic carbocycles. The van der Waals surface area contributed by atoms with Crippen molar-refractivity contribution < 1.29 is 9.18 Å². The number of nitrogens with one attached hydrogen (secondary N) is 1. The zero-order valence-corrected chi connectivity index (χ0v) is 17.2. The number of rotatable bonds is 5. The monoisotopic (exact) mass is 417 g/mol. The van der Waals surface area contributed by atoms with Crippen LogP contribution in [0.2, 0.25) is 0 Å². The van der Waals surface area contributed by atoms with Crippen molar-refractivity contribution in [3.8, 4) is 22.6 Å². The zero-order valence-electron chi connectivity index (χ0n) is 17.2. The van der Waals surface area contributed by atoms with E-state index in [1.807, 2.05) is 26.0 Å². The van der Waals surface area contributed by atoms with Crippen molar-refractivity contribution in [3.05, 3.63) is 71.8 Å². The molecule has 1 aromatic carbocycles. The number of benzene rings is 1. The van der Waals surface area contributed by atoms with Crippen LogP contribution in [0, 0.1) is 12.7 Å². The van der Waals surface area contributed by atoms with Gasteiger partial charge < -0.3 is 5.32 Å². The molecule has 9 heteroatoms. The Kier molecular flexibility index (Phi) is 5.48. The van der Waals surface area contributed by atoms with E-state index >= 15 is 0 Å². The van der Waals surface area contributed by atoms with Crippen molar-refractivity contribution in [2.75, 3.05) is 5.32 Å². The molecule has 8 nitrogen and oxygen atoms in total. The van der Waals surface area contributed by atoms with Gasteiger partial charge in [-0.25, -0.2) is 14.1 Å². The number of carbonyl (C=O) groups excluding carboxylic acids is 1. The highest BCUT2D eigenvalue weighted by Gasteiger charge is 2.18. The number of tetrazole rings is 1. The first-order valence-corrected chi connectivity index (χ1v) is 9.71. The smallest absolute Gasteiger partial charge is 0.259 e. The van der Waals surface area contributed by atoms with Gasteiger partial charge in [-0.2, -0.15) is 0 Å². The second-order valence-electron chi connectivity index (χ2n) is 7.29. The molecule has 0 spiro atoms. The maximum Gasteiger partial charge on any atom is 0.259 e. The van der Waals surface area contributed by atoms with Crippen LogP contribution in [0.15, 0.2) is 54.9 Å². The third-order valence-corrected chi connectivity index (χ3v) is 4.75. The summed E-state index contributed by atoms with van der Waals surface area (Å²) in [5.41, 5.74) is 2.75. The van der Waals surface area contributed by atoms with E-state index in [1.54, 1.807) is 48.3 Å². The summed E-state index contributed by atoms with van der Waals surface area (Å²) in [6, 6.07) is 11.7. The minimum Gasteiger partial charge on any atom is -0.306 e. The molecule has 0 aliphatic heterocycles. The number of aromatic nitrogens is 6. The first kappa shape index (κ1) is 20.3. The summed E-state index contributed by atoms with van der Waals surface area (Å²) in [7, 11) is 0. The van der Waals surface area contributed by atoms with Crippen molar-refractivity contribution in [2.45, 2.75) is 26.8 Å². The van der Waals surface area contributed by atoms with Gasteiger partial charge in [0.05, 0.1) is 11.6 Å². The van der Waals surface area contributed by atoms with Crippen LogP contribution in [0.25, 0.3) is 22.6 Å². The Balaban J connectivity index is 1.64. The van der Waals surface area contributed by atoms with Crippen LogP contribution in [0.1, 0.15) is 35.8 Å². The van der Waals surface area contributed by atoms with E-state index in [-0.39, 0.29) is 17.4 Å². The topological polar surface area (TPSA) is 98.5 Å². The van der Waals surface area contributed by atoms with Gasteiger partial charge in [0.15, 0.2) is 0 Å². The van der Waals surface area contributed by atoms with Crippen LogP contribution in [0.5, 0.6) is 0 Å². The molecule has 1 amide bonds. The minimum absolute atomic E-state index is 0.0401. The largest absolute Gasteiger partial charge is 0.306 e. The lowest BCUT2D eigenvalue weighted by Crippen LogP contribution is -2.15.